The Bertz CT molecular complexity index is 309. The van der Waals surface area contributed by atoms with E-state index in [9.17, 15) is 0 Å². The lowest BCUT2D eigenvalue weighted by molar-refractivity contribution is 0.658. The van der Waals surface area contributed by atoms with Crippen LogP contribution in [0.25, 0.3) is 0 Å². The zero-order valence-corrected chi connectivity index (χ0v) is 6.76. The number of nitrogen functional groups attached to an aromatic ring is 1. The van der Waals surface area contributed by atoms with Crippen molar-refractivity contribution in [3.8, 4) is 6.07 Å². The Hall–Kier alpha value is -1.21. The van der Waals surface area contributed by atoms with E-state index >= 15 is 0 Å². The molecule has 2 N–H and O–H groups in total. The Morgan fingerprint density at radius 3 is 2.73 bits per heavy atom. The van der Waals surface area contributed by atoms with Crippen LogP contribution in [0.1, 0.15) is 12.6 Å². The minimum absolute atomic E-state index is 0.192. The molecular weight excluding hydrogens is 164 g/mol. The van der Waals surface area contributed by atoms with Gasteiger partial charge in [0.1, 0.15) is 11.8 Å². The average molecular weight is 171 g/mol. The lowest BCUT2D eigenvalue weighted by atomic mass is 10.4. The second-order valence-electron chi connectivity index (χ2n) is 1.98. The van der Waals surface area contributed by atoms with Gasteiger partial charge < -0.3 is 5.73 Å². The molecule has 0 spiro atoms. The Kier molecular flexibility index (Phi) is 2.01. The van der Waals surface area contributed by atoms with Gasteiger partial charge in [-0.15, -0.1) is 0 Å². The zero-order valence-electron chi connectivity index (χ0n) is 6.00. The summed E-state index contributed by atoms with van der Waals surface area (Å²) in [5.74, 6) is 0. The normalized spacial score (nSPS) is 9.55. The van der Waals surface area contributed by atoms with E-state index in [2.05, 4.69) is 5.10 Å². The molecule has 58 valence electrons. The third-order valence-corrected chi connectivity index (χ3v) is 1.73. The number of hydrogen-bond donors (Lipinski definition) is 1. The first-order valence-corrected chi connectivity index (χ1v) is 3.50. The number of nitrogens with zero attached hydrogens (tertiary/aromatic N) is 3. The first-order chi connectivity index (χ1) is 5.20. The molecule has 0 aromatic carbocycles. The van der Waals surface area contributed by atoms with Gasteiger partial charge in [0.2, 0.25) is 0 Å². The van der Waals surface area contributed by atoms with Gasteiger partial charge in [0.25, 0.3) is 0 Å². The number of rotatable bonds is 1. The summed E-state index contributed by atoms with van der Waals surface area (Å²) in [6.45, 7) is 2.49. The van der Waals surface area contributed by atoms with Gasteiger partial charge in [0.15, 0.2) is 10.8 Å². The molecule has 0 radical (unpaired) electrons. The SMILES string of the molecule is CCn1nc(C#N)c(N)c1Cl. The van der Waals surface area contributed by atoms with Gasteiger partial charge in [-0.3, -0.25) is 4.68 Å². The lowest BCUT2D eigenvalue weighted by Crippen LogP contribution is -1.96. The fourth-order valence-corrected chi connectivity index (χ4v) is 0.994. The van der Waals surface area contributed by atoms with E-state index in [-0.39, 0.29) is 11.4 Å². The highest BCUT2D eigenvalue weighted by molar-refractivity contribution is 6.32. The van der Waals surface area contributed by atoms with Crippen molar-refractivity contribution in [1.82, 2.24) is 9.78 Å². The largest absolute Gasteiger partial charge is 0.394 e. The topological polar surface area (TPSA) is 67.6 Å². The van der Waals surface area contributed by atoms with Gasteiger partial charge in [0.05, 0.1) is 0 Å². The van der Waals surface area contributed by atoms with Crippen molar-refractivity contribution in [3.63, 3.8) is 0 Å². The number of aryl methyl sites for hydroxylation is 1. The van der Waals surface area contributed by atoms with E-state index in [1.807, 2.05) is 13.0 Å². The van der Waals surface area contributed by atoms with E-state index in [1.54, 1.807) is 0 Å². The van der Waals surface area contributed by atoms with Crippen LogP contribution in [0.4, 0.5) is 5.69 Å². The molecule has 0 aliphatic carbocycles. The van der Waals surface area contributed by atoms with Crippen molar-refractivity contribution in [1.29, 1.82) is 5.26 Å². The van der Waals surface area contributed by atoms with Crippen molar-refractivity contribution in [3.05, 3.63) is 10.8 Å². The Labute approximate surface area is 69.2 Å². The van der Waals surface area contributed by atoms with Gasteiger partial charge in [0, 0.05) is 6.54 Å². The highest BCUT2D eigenvalue weighted by Crippen LogP contribution is 2.21. The van der Waals surface area contributed by atoms with Crippen LogP contribution in [-0.4, -0.2) is 9.78 Å². The molecule has 1 rings (SSSR count). The predicted molar refractivity (Wildman–Crippen MR) is 42.0 cm³/mol. The standard InChI is InChI=1S/C6H7ClN4/c1-2-11-6(7)5(9)4(3-8)10-11/h2,9H2,1H3. The van der Waals surface area contributed by atoms with Crippen molar-refractivity contribution in [2.75, 3.05) is 5.73 Å². The smallest absolute Gasteiger partial charge is 0.186 e. The molecule has 0 aliphatic rings. The molecule has 0 bridgehead atoms. The van der Waals surface area contributed by atoms with E-state index in [1.165, 1.54) is 4.68 Å². The molecule has 0 fully saturated rings. The van der Waals surface area contributed by atoms with Crippen molar-refractivity contribution >= 4 is 17.3 Å². The first kappa shape index (κ1) is 7.89. The summed E-state index contributed by atoms with van der Waals surface area (Å²) in [5.41, 5.74) is 5.90. The summed E-state index contributed by atoms with van der Waals surface area (Å²) < 4.78 is 1.48. The van der Waals surface area contributed by atoms with Crippen LogP contribution in [-0.2, 0) is 6.54 Å². The maximum atomic E-state index is 8.49. The van der Waals surface area contributed by atoms with E-state index < -0.39 is 0 Å². The molecule has 5 heteroatoms. The molecule has 0 atom stereocenters. The molecule has 1 heterocycles. The van der Waals surface area contributed by atoms with Crippen LogP contribution in [0.5, 0.6) is 0 Å². The summed E-state index contributed by atoms with van der Waals surface area (Å²) in [4.78, 5) is 0. The molecule has 0 amide bonds. The van der Waals surface area contributed by atoms with Gasteiger partial charge in [-0.05, 0) is 6.92 Å². The molecule has 0 unspecified atom stereocenters. The van der Waals surface area contributed by atoms with Crippen LogP contribution in [0.2, 0.25) is 5.15 Å². The summed E-state index contributed by atoms with van der Waals surface area (Å²) in [6, 6.07) is 1.85. The molecule has 1 aromatic heterocycles. The number of nitrogens with two attached hydrogens (primary N) is 1. The van der Waals surface area contributed by atoms with Crippen molar-refractivity contribution < 1.29 is 0 Å². The van der Waals surface area contributed by atoms with Gasteiger partial charge in [-0.25, -0.2) is 0 Å². The number of anilines is 1. The van der Waals surface area contributed by atoms with E-state index in [4.69, 9.17) is 22.6 Å². The fourth-order valence-electron chi connectivity index (χ4n) is 0.747. The lowest BCUT2D eigenvalue weighted by Gasteiger charge is -1.94. The predicted octanol–water partition coefficient (Wildman–Crippen LogP) is 1.01. The van der Waals surface area contributed by atoms with Crippen LogP contribution in [0.3, 0.4) is 0 Å². The highest BCUT2D eigenvalue weighted by Gasteiger charge is 2.10. The van der Waals surface area contributed by atoms with E-state index in [0.717, 1.165) is 0 Å². The Balaban J connectivity index is 3.26. The summed E-state index contributed by atoms with van der Waals surface area (Å²) >= 11 is 5.72. The van der Waals surface area contributed by atoms with Crippen LogP contribution < -0.4 is 5.73 Å². The molecule has 0 saturated heterocycles. The van der Waals surface area contributed by atoms with Crippen LogP contribution >= 0.6 is 11.6 Å². The molecule has 0 aliphatic heterocycles. The quantitative estimate of drug-likeness (QED) is 0.684. The number of halogens is 1. The highest BCUT2D eigenvalue weighted by atomic mass is 35.5. The van der Waals surface area contributed by atoms with E-state index in [0.29, 0.717) is 11.7 Å². The van der Waals surface area contributed by atoms with Crippen molar-refractivity contribution in [2.45, 2.75) is 13.5 Å². The number of nitriles is 1. The molecule has 1 aromatic rings. The monoisotopic (exact) mass is 170 g/mol. The van der Waals surface area contributed by atoms with Gasteiger partial charge in [-0.1, -0.05) is 11.6 Å². The Morgan fingerprint density at radius 1 is 1.82 bits per heavy atom. The molecule has 0 saturated carbocycles. The third-order valence-electron chi connectivity index (χ3n) is 1.33. The van der Waals surface area contributed by atoms with Crippen LogP contribution in [0, 0.1) is 11.3 Å². The van der Waals surface area contributed by atoms with Gasteiger partial charge >= 0.3 is 0 Å². The Morgan fingerprint density at radius 2 is 2.45 bits per heavy atom. The third kappa shape index (κ3) is 1.15. The molecule has 4 nitrogen and oxygen atoms in total. The second kappa shape index (κ2) is 2.81. The maximum absolute atomic E-state index is 8.49. The number of aromatic nitrogens is 2. The van der Waals surface area contributed by atoms with Crippen molar-refractivity contribution in [2.24, 2.45) is 0 Å². The molecular formula is C6H7ClN4. The number of hydrogen-bond acceptors (Lipinski definition) is 3. The summed E-state index contributed by atoms with van der Waals surface area (Å²) in [7, 11) is 0. The first-order valence-electron chi connectivity index (χ1n) is 3.12. The van der Waals surface area contributed by atoms with Crippen LogP contribution in [0.15, 0.2) is 0 Å². The second-order valence-corrected chi connectivity index (χ2v) is 2.34. The zero-order chi connectivity index (χ0) is 8.43. The fraction of sp³-hybridized carbons (Fsp3) is 0.333. The summed E-state index contributed by atoms with van der Waals surface area (Å²) in [5, 5.41) is 12.7. The summed E-state index contributed by atoms with van der Waals surface area (Å²) in [6.07, 6.45) is 0. The maximum Gasteiger partial charge on any atom is 0.186 e. The average Bonchev–Trinajstić information content (AvgIpc) is 2.30. The minimum atomic E-state index is 0.192. The molecule has 11 heavy (non-hydrogen) atoms. The minimum Gasteiger partial charge on any atom is -0.394 e. The van der Waals surface area contributed by atoms with Gasteiger partial charge in [-0.2, -0.15) is 10.4 Å².